The molecule has 4 heteroatoms. The second-order valence-corrected chi connectivity index (χ2v) is 4.89. The van der Waals surface area contributed by atoms with E-state index in [4.69, 9.17) is 5.21 Å². The molecule has 17 heavy (non-hydrogen) atoms. The molecule has 1 fully saturated rings. The van der Waals surface area contributed by atoms with Crippen molar-refractivity contribution in [1.29, 1.82) is 0 Å². The highest BCUT2D eigenvalue weighted by molar-refractivity contribution is 5.89. The number of piperidine rings is 1. The van der Waals surface area contributed by atoms with Crippen LogP contribution in [0.25, 0.3) is 0 Å². The van der Waals surface area contributed by atoms with Crippen LogP contribution in [0.3, 0.4) is 0 Å². The van der Waals surface area contributed by atoms with Crippen molar-refractivity contribution in [3.8, 4) is 0 Å². The van der Waals surface area contributed by atoms with E-state index in [1.807, 2.05) is 11.8 Å². The number of carbonyl (C=O) groups is 1. The van der Waals surface area contributed by atoms with Crippen LogP contribution in [0.5, 0.6) is 0 Å². The van der Waals surface area contributed by atoms with Crippen LogP contribution in [-0.4, -0.2) is 34.8 Å². The lowest BCUT2D eigenvalue weighted by atomic mass is 9.97. The first kappa shape index (κ1) is 14.0. The number of rotatable bonds is 5. The summed E-state index contributed by atoms with van der Waals surface area (Å²) < 4.78 is 0. The van der Waals surface area contributed by atoms with Crippen molar-refractivity contribution in [2.75, 3.05) is 13.1 Å². The van der Waals surface area contributed by atoms with E-state index in [2.05, 4.69) is 12.1 Å². The number of amides is 1. The van der Waals surface area contributed by atoms with Gasteiger partial charge in [-0.25, -0.2) is 0 Å². The lowest BCUT2D eigenvalue weighted by Crippen LogP contribution is -2.43. The van der Waals surface area contributed by atoms with E-state index in [9.17, 15) is 4.79 Å². The van der Waals surface area contributed by atoms with E-state index in [-0.39, 0.29) is 11.8 Å². The predicted molar refractivity (Wildman–Crippen MR) is 68.3 cm³/mol. The summed E-state index contributed by atoms with van der Waals surface area (Å²) in [5.74, 6) is 0.443. The molecule has 0 spiro atoms. The Kier molecular flexibility index (Phi) is 6.01. The Morgan fingerprint density at radius 2 is 2.24 bits per heavy atom. The third kappa shape index (κ3) is 4.36. The zero-order valence-electron chi connectivity index (χ0n) is 11.0. The van der Waals surface area contributed by atoms with Crippen LogP contribution >= 0.6 is 0 Å². The van der Waals surface area contributed by atoms with E-state index in [1.54, 1.807) is 0 Å². The molecule has 1 N–H and O–H groups in total. The normalized spacial score (nSPS) is 23.1. The van der Waals surface area contributed by atoms with Crippen molar-refractivity contribution in [2.24, 2.45) is 11.1 Å². The van der Waals surface area contributed by atoms with Crippen molar-refractivity contribution in [3.05, 3.63) is 0 Å². The summed E-state index contributed by atoms with van der Waals surface area (Å²) in [5, 5.41) is 12.1. The van der Waals surface area contributed by atoms with Gasteiger partial charge in [0.1, 0.15) is 0 Å². The summed E-state index contributed by atoms with van der Waals surface area (Å²) in [6.07, 6.45) is 5.93. The van der Waals surface area contributed by atoms with Gasteiger partial charge in [-0.05, 0) is 6.42 Å². The summed E-state index contributed by atoms with van der Waals surface area (Å²) >= 11 is 0. The molecule has 1 amide bonds. The molecule has 1 rings (SSSR count). The number of unbranched alkanes of at least 4 members (excludes halogenated alkanes) is 3. The highest BCUT2D eigenvalue weighted by Gasteiger charge is 2.25. The minimum atomic E-state index is 0.188. The minimum absolute atomic E-state index is 0.188. The molecule has 0 aliphatic carbocycles. The van der Waals surface area contributed by atoms with Crippen LogP contribution in [-0.2, 0) is 4.79 Å². The van der Waals surface area contributed by atoms with E-state index in [0.29, 0.717) is 25.9 Å². The molecular weight excluding hydrogens is 216 g/mol. The zero-order valence-corrected chi connectivity index (χ0v) is 11.0. The topological polar surface area (TPSA) is 52.9 Å². The number of carbonyl (C=O) groups excluding carboxylic acids is 1. The smallest absolute Gasteiger partial charge is 0.222 e. The van der Waals surface area contributed by atoms with E-state index < -0.39 is 0 Å². The fourth-order valence-corrected chi connectivity index (χ4v) is 2.26. The average molecular weight is 240 g/mol. The Labute approximate surface area is 104 Å². The number of likely N-dealkylation sites (tertiary alicyclic amines) is 1. The first-order chi connectivity index (χ1) is 8.19. The molecule has 0 aromatic rings. The molecule has 0 aromatic heterocycles. The van der Waals surface area contributed by atoms with Gasteiger partial charge < -0.3 is 10.1 Å². The third-order valence-corrected chi connectivity index (χ3v) is 3.43. The maximum absolute atomic E-state index is 11.9. The van der Waals surface area contributed by atoms with Gasteiger partial charge in [-0.1, -0.05) is 38.3 Å². The number of oxime groups is 1. The van der Waals surface area contributed by atoms with Gasteiger partial charge in [-0.3, -0.25) is 4.79 Å². The van der Waals surface area contributed by atoms with Gasteiger partial charge in [0, 0.05) is 31.8 Å². The minimum Gasteiger partial charge on any atom is -0.411 e. The van der Waals surface area contributed by atoms with Crippen LogP contribution in [0.2, 0.25) is 0 Å². The van der Waals surface area contributed by atoms with Crippen molar-refractivity contribution in [3.63, 3.8) is 0 Å². The van der Waals surface area contributed by atoms with Gasteiger partial charge in [-0.2, -0.15) is 0 Å². The van der Waals surface area contributed by atoms with Crippen LogP contribution in [0.15, 0.2) is 5.16 Å². The maximum Gasteiger partial charge on any atom is 0.222 e. The molecule has 1 aliphatic heterocycles. The van der Waals surface area contributed by atoms with Gasteiger partial charge in [-0.15, -0.1) is 0 Å². The fraction of sp³-hybridized carbons (Fsp3) is 0.846. The van der Waals surface area contributed by atoms with Gasteiger partial charge in [0.05, 0.1) is 5.71 Å². The number of hydrogen-bond donors (Lipinski definition) is 1. The van der Waals surface area contributed by atoms with Crippen LogP contribution in [0.4, 0.5) is 0 Å². The summed E-state index contributed by atoms with van der Waals surface area (Å²) in [7, 11) is 0. The van der Waals surface area contributed by atoms with E-state index >= 15 is 0 Å². The molecule has 1 atom stereocenters. The number of hydrogen-bond acceptors (Lipinski definition) is 3. The Balaban J connectivity index is 2.29. The SMILES string of the molecule is CCCCCCC(=O)N1CCC(=NO)C(C)C1. The number of nitrogens with zero attached hydrogens (tertiary/aromatic N) is 2. The first-order valence-corrected chi connectivity index (χ1v) is 6.67. The van der Waals surface area contributed by atoms with Gasteiger partial charge in [0.2, 0.25) is 5.91 Å². The monoisotopic (exact) mass is 240 g/mol. The Bertz CT molecular complexity index is 277. The highest BCUT2D eigenvalue weighted by atomic mass is 16.4. The van der Waals surface area contributed by atoms with Gasteiger partial charge in [0.25, 0.3) is 0 Å². The maximum atomic E-state index is 11.9. The molecular formula is C13H24N2O2. The predicted octanol–water partition coefficient (Wildman–Crippen LogP) is 2.66. The van der Waals surface area contributed by atoms with Gasteiger partial charge >= 0.3 is 0 Å². The summed E-state index contributed by atoms with van der Waals surface area (Å²) in [4.78, 5) is 13.8. The molecule has 0 saturated carbocycles. The average Bonchev–Trinajstić information content (AvgIpc) is 2.34. The standard InChI is InChI=1S/C13H24N2O2/c1-3-4-5-6-7-13(16)15-9-8-12(14-17)11(2)10-15/h11,17H,3-10H2,1-2H3. The molecule has 0 aromatic carbocycles. The largest absolute Gasteiger partial charge is 0.411 e. The quantitative estimate of drug-likeness (QED) is 0.456. The molecule has 4 nitrogen and oxygen atoms in total. The van der Waals surface area contributed by atoms with Crippen molar-refractivity contribution >= 4 is 11.6 Å². The summed E-state index contributed by atoms with van der Waals surface area (Å²) in [5.41, 5.74) is 0.819. The van der Waals surface area contributed by atoms with E-state index in [0.717, 1.165) is 18.6 Å². The van der Waals surface area contributed by atoms with Crippen LogP contribution < -0.4 is 0 Å². The lowest BCUT2D eigenvalue weighted by molar-refractivity contribution is -0.131. The Morgan fingerprint density at radius 3 is 2.82 bits per heavy atom. The molecule has 98 valence electrons. The fourth-order valence-electron chi connectivity index (χ4n) is 2.26. The Hall–Kier alpha value is -1.06. The summed E-state index contributed by atoms with van der Waals surface area (Å²) in [6, 6.07) is 0. The molecule has 1 unspecified atom stereocenters. The Morgan fingerprint density at radius 1 is 1.47 bits per heavy atom. The van der Waals surface area contributed by atoms with Crippen molar-refractivity contribution in [2.45, 2.75) is 52.4 Å². The van der Waals surface area contributed by atoms with Crippen molar-refractivity contribution < 1.29 is 10.0 Å². The molecule has 1 heterocycles. The van der Waals surface area contributed by atoms with Crippen LogP contribution in [0.1, 0.15) is 52.4 Å². The molecule has 1 aliphatic rings. The molecule has 1 saturated heterocycles. The van der Waals surface area contributed by atoms with Gasteiger partial charge in [0.15, 0.2) is 0 Å². The molecule has 0 bridgehead atoms. The highest BCUT2D eigenvalue weighted by Crippen LogP contribution is 2.15. The first-order valence-electron chi connectivity index (χ1n) is 6.67. The second-order valence-electron chi connectivity index (χ2n) is 4.89. The van der Waals surface area contributed by atoms with Crippen LogP contribution in [0, 0.1) is 5.92 Å². The lowest BCUT2D eigenvalue weighted by Gasteiger charge is -2.31. The van der Waals surface area contributed by atoms with E-state index in [1.165, 1.54) is 12.8 Å². The zero-order chi connectivity index (χ0) is 12.7. The second kappa shape index (κ2) is 7.30. The molecule has 0 radical (unpaired) electrons. The van der Waals surface area contributed by atoms with Crippen molar-refractivity contribution in [1.82, 2.24) is 4.90 Å². The summed E-state index contributed by atoms with van der Waals surface area (Å²) in [6.45, 7) is 5.58. The third-order valence-electron chi connectivity index (χ3n) is 3.43.